The van der Waals surface area contributed by atoms with Gasteiger partial charge in [0.15, 0.2) is 0 Å². The average Bonchev–Trinajstić information content (AvgIpc) is 2.58. The number of benzene rings is 2. The molecular weight excluding hydrogens is 367 g/mol. The zero-order chi connectivity index (χ0) is 18.6. The van der Waals surface area contributed by atoms with Gasteiger partial charge in [0.1, 0.15) is 10.7 Å². The number of nitrogens with zero attached hydrogens (tertiary/aromatic N) is 1. The number of halogens is 2. The van der Waals surface area contributed by atoms with Crippen LogP contribution in [0, 0.1) is 5.82 Å². The molecule has 0 aliphatic rings. The van der Waals surface area contributed by atoms with Gasteiger partial charge in [-0.15, -0.1) is 0 Å². The van der Waals surface area contributed by atoms with E-state index in [1.54, 1.807) is 19.9 Å². The molecule has 25 heavy (non-hydrogen) atoms. The topological polar surface area (TPSA) is 66.5 Å². The Bertz CT molecular complexity index is 883. The van der Waals surface area contributed by atoms with E-state index in [1.807, 2.05) is 0 Å². The van der Waals surface area contributed by atoms with Crippen molar-refractivity contribution in [2.24, 2.45) is 0 Å². The fraction of sp³-hybridized carbons (Fsp3) is 0.235. The molecule has 2 aromatic carbocycles. The lowest BCUT2D eigenvalue weighted by Gasteiger charge is -2.19. The van der Waals surface area contributed by atoms with Gasteiger partial charge in [-0.2, -0.15) is 4.31 Å². The molecule has 0 aromatic heterocycles. The predicted octanol–water partition coefficient (Wildman–Crippen LogP) is 3.76. The predicted molar refractivity (Wildman–Crippen MR) is 95.9 cm³/mol. The molecule has 0 heterocycles. The van der Waals surface area contributed by atoms with E-state index in [0.29, 0.717) is 0 Å². The van der Waals surface area contributed by atoms with Gasteiger partial charge in [-0.1, -0.05) is 37.6 Å². The van der Waals surface area contributed by atoms with Crippen molar-refractivity contribution in [1.29, 1.82) is 0 Å². The molecule has 8 heteroatoms. The molecule has 0 unspecified atom stereocenters. The van der Waals surface area contributed by atoms with Gasteiger partial charge in [0.25, 0.3) is 5.91 Å². The molecule has 0 aliphatic heterocycles. The SMILES string of the molecule is CCN(CC)S(=O)(=O)c1cc(C(=O)Nc2ccccc2F)ccc1Cl. The first-order chi connectivity index (χ1) is 11.8. The summed E-state index contributed by atoms with van der Waals surface area (Å²) >= 11 is 6.03. The van der Waals surface area contributed by atoms with E-state index in [4.69, 9.17) is 11.6 Å². The van der Waals surface area contributed by atoms with Crippen molar-refractivity contribution < 1.29 is 17.6 Å². The van der Waals surface area contributed by atoms with Crippen LogP contribution >= 0.6 is 11.6 Å². The maximum absolute atomic E-state index is 13.7. The van der Waals surface area contributed by atoms with Crippen LogP contribution in [-0.4, -0.2) is 31.7 Å². The smallest absolute Gasteiger partial charge is 0.255 e. The Kier molecular flexibility index (Phi) is 6.16. The molecule has 2 aromatic rings. The summed E-state index contributed by atoms with van der Waals surface area (Å²) in [5, 5.41) is 2.44. The fourth-order valence-electron chi connectivity index (χ4n) is 2.30. The highest BCUT2D eigenvalue weighted by Gasteiger charge is 2.25. The summed E-state index contributed by atoms with van der Waals surface area (Å²) in [6, 6.07) is 9.64. The minimum atomic E-state index is -3.82. The first-order valence-electron chi connectivity index (χ1n) is 7.66. The van der Waals surface area contributed by atoms with E-state index in [-0.39, 0.29) is 34.3 Å². The van der Waals surface area contributed by atoms with Crippen molar-refractivity contribution in [3.63, 3.8) is 0 Å². The van der Waals surface area contributed by atoms with E-state index in [2.05, 4.69) is 5.32 Å². The summed E-state index contributed by atoms with van der Waals surface area (Å²) in [7, 11) is -3.82. The Morgan fingerprint density at radius 1 is 1.16 bits per heavy atom. The number of carbonyl (C=O) groups is 1. The van der Waals surface area contributed by atoms with Gasteiger partial charge in [0, 0.05) is 18.7 Å². The Morgan fingerprint density at radius 2 is 1.80 bits per heavy atom. The van der Waals surface area contributed by atoms with Crippen molar-refractivity contribution in [3.05, 3.63) is 58.9 Å². The highest BCUT2D eigenvalue weighted by molar-refractivity contribution is 7.89. The lowest BCUT2D eigenvalue weighted by Crippen LogP contribution is -2.31. The minimum absolute atomic E-state index is 0.00981. The lowest BCUT2D eigenvalue weighted by molar-refractivity contribution is 0.102. The van der Waals surface area contributed by atoms with E-state index >= 15 is 0 Å². The van der Waals surface area contributed by atoms with Crippen LogP contribution in [0.3, 0.4) is 0 Å². The maximum atomic E-state index is 13.7. The van der Waals surface area contributed by atoms with Crippen LogP contribution in [-0.2, 0) is 10.0 Å². The number of amides is 1. The van der Waals surface area contributed by atoms with Crippen LogP contribution in [0.15, 0.2) is 47.4 Å². The number of carbonyl (C=O) groups excluding carboxylic acids is 1. The van der Waals surface area contributed by atoms with Crippen molar-refractivity contribution in [2.75, 3.05) is 18.4 Å². The zero-order valence-corrected chi connectivity index (χ0v) is 15.4. The summed E-state index contributed by atoms with van der Waals surface area (Å²) in [6.07, 6.45) is 0. The highest BCUT2D eigenvalue weighted by Crippen LogP contribution is 2.26. The molecule has 0 saturated heterocycles. The van der Waals surface area contributed by atoms with Crippen LogP contribution in [0.4, 0.5) is 10.1 Å². The summed E-state index contributed by atoms with van der Waals surface area (Å²) in [5.41, 5.74) is 0.0778. The number of hydrogen-bond acceptors (Lipinski definition) is 3. The minimum Gasteiger partial charge on any atom is -0.319 e. The number of anilines is 1. The van der Waals surface area contributed by atoms with Crippen molar-refractivity contribution in [3.8, 4) is 0 Å². The molecule has 0 bridgehead atoms. The normalized spacial score (nSPS) is 11.6. The molecular formula is C17H18ClFN2O3S. The van der Waals surface area contributed by atoms with Crippen LogP contribution in [0.25, 0.3) is 0 Å². The van der Waals surface area contributed by atoms with Gasteiger partial charge >= 0.3 is 0 Å². The third-order valence-electron chi connectivity index (χ3n) is 3.64. The van der Waals surface area contributed by atoms with Gasteiger partial charge < -0.3 is 5.32 Å². The van der Waals surface area contributed by atoms with Gasteiger partial charge in [0.05, 0.1) is 10.7 Å². The maximum Gasteiger partial charge on any atom is 0.255 e. The van der Waals surface area contributed by atoms with Gasteiger partial charge in [-0.25, -0.2) is 12.8 Å². The molecule has 0 fully saturated rings. The second-order valence-corrected chi connectivity index (χ2v) is 7.48. The summed E-state index contributed by atoms with van der Waals surface area (Å²) < 4.78 is 40.2. The van der Waals surface area contributed by atoms with Crippen LogP contribution < -0.4 is 5.32 Å². The number of hydrogen-bond donors (Lipinski definition) is 1. The van der Waals surface area contributed by atoms with Crippen molar-refractivity contribution in [1.82, 2.24) is 4.31 Å². The monoisotopic (exact) mass is 384 g/mol. The molecule has 0 saturated carbocycles. The Morgan fingerprint density at radius 3 is 2.40 bits per heavy atom. The highest BCUT2D eigenvalue weighted by atomic mass is 35.5. The standard InChI is InChI=1S/C17H18ClFN2O3S/c1-3-21(4-2)25(23,24)16-11-12(9-10-13(16)18)17(22)20-15-8-6-5-7-14(15)19/h5-11H,3-4H2,1-2H3,(H,20,22). The molecule has 0 radical (unpaired) electrons. The number of nitrogens with one attached hydrogen (secondary N) is 1. The van der Waals surface area contributed by atoms with Crippen LogP contribution in [0.5, 0.6) is 0 Å². The quantitative estimate of drug-likeness (QED) is 0.824. The number of sulfonamides is 1. The largest absolute Gasteiger partial charge is 0.319 e. The van der Waals surface area contributed by atoms with E-state index in [1.165, 1.54) is 40.7 Å². The first-order valence-corrected chi connectivity index (χ1v) is 9.48. The van der Waals surface area contributed by atoms with Crippen LogP contribution in [0.2, 0.25) is 5.02 Å². The first kappa shape index (κ1) is 19.4. The second kappa shape index (κ2) is 7.95. The third kappa shape index (κ3) is 4.18. The summed E-state index contributed by atoms with van der Waals surface area (Å²) in [5.74, 6) is -1.21. The molecule has 0 atom stereocenters. The van der Waals surface area contributed by atoms with E-state index < -0.39 is 21.7 Å². The van der Waals surface area contributed by atoms with Gasteiger partial charge in [-0.05, 0) is 30.3 Å². The molecule has 1 N–H and O–H groups in total. The van der Waals surface area contributed by atoms with E-state index in [0.717, 1.165) is 0 Å². The number of para-hydroxylation sites is 1. The zero-order valence-electron chi connectivity index (χ0n) is 13.8. The third-order valence-corrected chi connectivity index (χ3v) is 6.17. The van der Waals surface area contributed by atoms with Crippen molar-refractivity contribution in [2.45, 2.75) is 18.7 Å². The fourth-order valence-corrected chi connectivity index (χ4v) is 4.26. The average molecular weight is 385 g/mol. The lowest BCUT2D eigenvalue weighted by atomic mass is 10.2. The Balaban J connectivity index is 2.39. The molecule has 1 amide bonds. The summed E-state index contributed by atoms with van der Waals surface area (Å²) in [4.78, 5) is 12.2. The Hall–Kier alpha value is -1.96. The van der Waals surface area contributed by atoms with Crippen LogP contribution in [0.1, 0.15) is 24.2 Å². The Labute approximate surface area is 151 Å². The second-order valence-electron chi connectivity index (χ2n) is 5.17. The molecule has 2 rings (SSSR count). The molecule has 0 aliphatic carbocycles. The van der Waals surface area contributed by atoms with E-state index in [9.17, 15) is 17.6 Å². The molecule has 0 spiro atoms. The molecule has 5 nitrogen and oxygen atoms in total. The van der Waals surface area contributed by atoms with Crippen molar-refractivity contribution >= 4 is 33.2 Å². The number of rotatable bonds is 6. The molecule has 134 valence electrons. The van der Waals surface area contributed by atoms with Gasteiger partial charge in [-0.3, -0.25) is 4.79 Å². The summed E-state index contributed by atoms with van der Waals surface area (Å²) in [6.45, 7) is 3.98. The van der Waals surface area contributed by atoms with Gasteiger partial charge in [0.2, 0.25) is 10.0 Å².